The molecule has 0 spiro atoms. The van der Waals surface area contributed by atoms with Crippen LogP contribution in [0.1, 0.15) is 5.56 Å². The third-order valence-corrected chi connectivity index (χ3v) is 3.11. The first kappa shape index (κ1) is 11.1. The smallest absolute Gasteiger partial charge is 0.272 e. The zero-order valence-corrected chi connectivity index (χ0v) is 10.5. The van der Waals surface area contributed by atoms with Gasteiger partial charge >= 0.3 is 0 Å². The van der Waals surface area contributed by atoms with Crippen molar-refractivity contribution in [1.29, 1.82) is 0 Å². The van der Waals surface area contributed by atoms with Gasteiger partial charge in [0.05, 0.1) is 5.69 Å². The number of hydrogen-bond acceptors (Lipinski definition) is 1. The van der Waals surface area contributed by atoms with Gasteiger partial charge in [-0.2, -0.15) is 0 Å². The molecule has 0 aliphatic heterocycles. The number of fused-ring (bicyclic) bond motifs is 1. The number of nitrogens with zero attached hydrogens (tertiary/aromatic N) is 1. The Bertz CT molecular complexity index is 786. The van der Waals surface area contributed by atoms with Gasteiger partial charge in [-0.25, -0.2) is 0 Å². The Labute approximate surface area is 109 Å². The lowest BCUT2D eigenvalue weighted by Gasteiger charge is -2.03. The summed E-state index contributed by atoms with van der Waals surface area (Å²) in [5.74, 6) is 0. The van der Waals surface area contributed by atoms with Gasteiger partial charge in [0.1, 0.15) is 5.52 Å². The van der Waals surface area contributed by atoms with Gasteiger partial charge in [0.15, 0.2) is 0 Å². The number of rotatable bonds is 1. The van der Waals surface area contributed by atoms with Crippen LogP contribution in [0.15, 0.2) is 47.5 Å². The summed E-state index contributed by atoms with van der Waals surface area (Å²) in [5.41, 5.74) is 3.26. The highest BCUT2D eigenvalue weighted by Crippen LogP contribution is 2.20. The van der Waals surface area contributed by atoms with Crippen LogP contribution < -0.4 is 5.56 Å². The first-order valence-electron chi connectivity index (χ1n) is 5.61. The largest absolute Gasteiger partial charge is 0.319 e. The van der Waals surface area contributed by atoms with Crippen LogP contribution in [0.3, 0.4) is 0 Å². The molecule has 0 bridgehead atoms. The van der Waals surface area contributed by atoms with E-state index >= 15 is 0 Å². The van der Waals surface area contributed by atoms with Crippen molar-refractivity contribution in [2.45, 2.75) is 6.92 Å². The van der Waals surface area contributed by atoms with Crippen LogP contribution in [-0.2, 0) is 0 Å². The molecule has 3 rings (SSSR count). The van der Waals surface area contributed by atoms with Crippen LogP contribution in [0.25, 0.3) is 16.8 Å². The van der Waals surface area contributed by atoms with Gasteiger partial charge in [-0.3, -0.25) is 4.79 Å². The number of benzene rings is 1. The zero-order chi connectivity index (χ0) is 12.7. The minimum Gasteiger partial charge on any atom is -0.319 e. The Hall–Kier alpha value is -2.00. The fourth-order valence-electron chi connectivity index (χ4n) is 2.07. The van der Waals surface area contributed by atoms with E-state index < -0.39 is 0 Å². The van der Waals surface area contributed by atoms with Crippen molar-refractivity contribution in [2.75, 3.05) is 0 Å². The number of hydrogen-bond donors (Lipinski definition) is 1. The molecule has 0 saturated heterocycles. The maximum absolute atomic E-state index is 12.0. The first-order valence-corrected chi connectivity index (χ1v) is 5.99. The summed E-state index contributed by atoms with van der Waals surface area (Å²) < 4.78 is 1.84. The van der Waals surface area contributed by atoms with E-state index in [9.17, 15) is 4.79 Å². The lowest BCUT2D eigenvalue weighted by molar-refractivity contribution is 1.11. The fraction of sp³-hybridized carbons (Fsp3) is 0.0714. The standard InChI is InChI=1S/C14H11ClN2O/c1-9-5-13-14(18)16-12(8-17(13)7-9)10-3-2-4-11(15)6-10/h2-8H,1H3,(H,16,18). The molecule has 0 amide bonds. The van der Waals surface area contributed by atoms with E-state index in [0.717, 1.165) is 16.8 Å². The van der Waals surface area contributed by atoms with Gasteiger partial charge in [-0.05, 0) is 30.7 Å². The molecule has 2 aromatic heterocycles. The van der Waals surface area contributed by atoms with Gasteiger partial charge in [0, 0.05) is 23.0 Å². The van der Waals surface area contributed by atoms with Gasteiger partial charge in [0.2, 0.25) is 0 Å². The summed E-state index contributed by atoms with van der Waals surface area (Å²) in [6, 6.07) is 9.28. The van der Waals surface area contributed by atoms with Gasteiger partial charge < -0.3 is 9.38 Å². The third kappa shape index (κ3) is 1.83. The molecule has 4 heteroatoms. The molecule has 3 nitrogen and oxygen atoms in total. The van der Waals surface area contributed by atoms with Crippen LogP contribution in [-0.4, -0.2) is 9.38 Å². The summed E-state index contributed by atoms with van der Waals surface area (Å²) in [5, 5.41) is 0.650. The highest BCUT2D eigenvalue weighted by molar-refractivity contribution is 6.30. The summed E-state index contributed by atoms with van der Waals surface area (Å²) in [4.78, 5) is 14.8. The van der Waals surface area contributed by atoms with Gasteiger partial charge in [-0.15, -0.1) is 0 Å². The van der Waals surface area contributed by atoms with E-state index in [1.165, 1.54) is 0 Å². The van der Waals surface area contributed by atoms with Crippen LogP contribution in [0, 0.1) is 6.92 Å². The molecular weight excluding hydrogens is 248 g/mol. The molecule has 0 atom stereocenters. The minimum absolute atomic E-state index is 0.0967. The Kier molecular flexibility index (Phi) is 2.49. The van der Waals surface area contributed by atoms with Crippen molar-refractivity contribution in [2.24, 2.45) is 0 Å². The zero-order valence-electron chi connectivity index (χ0n) is 9.77. The van der Waals surface area contributed by atoms with E-state index in [-0.39, 0.29) is 5.56 Å². The number of halogens is 1. The van der Waals surface area contributed by atoms with Gasteiger partial charge in [0.25, 0.3) is 5.56 Å². The van der Waals surface area contributed by atoms with E-state index in [1.54, 1.807) is 0 Å². The molecular formula is C14H11ClN2O. The highest BCUT2D eigenvalue weighted by Gasteiger charge is 2.05. The van der Waals surface area contributed by atoms with E-state index in [2.05, 4.69) is 4.98 Å². The van der Waals surface area contributed by atoms with Crippen molar-refractivity contribution in [3.8, 4) is 11.3 Å². The molecule has 0 aliphatic rings. The molecule has 0 saturated carbocycles. The maximum Gasteiger partial charge on any atom is 0.272 e. The van der Waals surface area contributed by atoms with Crippen molar-refractivity contribution in [3.63, 3.8) is 0 Å². The second kappa shape index (κ2) is 4.03. The van der Waals surface area contributed by atoms with Gasteiger partial charge in [-0.1, -0.05) is 23.7 Å². The first-order chi connectivity index (χ1) is 8.63. The Morgan fingerprint density at radius 2 is 2.06 bits per heavy atom. The molecule has 0 radical (unpaired) electrons. The molecule has 1 aromatic carbocycles. The van der Waals surface area contributed by atoms with E-state index in [0.29, 0.717) is 10.5 Å². The van der Waals surface area contributed by atoms with Crippen LogP contribution in [0.5, 0.6) is 0 Å². The number of nitrogens with one attached hydrogen (secondary N) is 1. The summed E-state index contributed by atoms with van der Waals surface area (Å²) in [7, 11) is 0. The Balaban J connectivity index is 2.27. The molecule has 90 valence electrons. The molecule has 1 N–H and O–H groups in total. The lowest BCUT2D eigenvalue weighted by atomic mass is 10.2. The maximum atomic E-state index is 12.0. The monoisotopic (exact) mass is 258 g/mol. The lowest BCUT2D eigenvalue weighted by Crippen LogP contribution is -2.09. The SMILES string of the molecule is Cc1cc2c(=O)[nH]c(-c3cccc(Cl)c3)cn2c1. The normalized spacial score (nSPS) is 11.0. The summed E-state index contributed by atoms with van der Waals surface area (Å²) >= 11 is 5.96. The molecule has 18 heavy (non-hydrogen) atoms. The second-order valence-electron chi connectivity index (χ2n) is 4.32. The van der Waals surface area contributed by atoms with E-state index in [1.807, 2.05) is 54.0 Å². The topological polar surface area (TPSA) is 37.3 Å². The Morgan fingerprint density at radius 1 is 1.22 bits per heavy atom. The average molecular weight is 259 g/mol. The average Bonchev–Trinajstić information content (AvgIpc) is 2.70. The second-order valence-corrected chi connectivity index (χ2v) is 4.75. The number of aryl methyl sites for hydroxylation is 1. The predicted octanol–water partition coefficient (Wildman–Crippen LogP) is 3.26. The summed E-state index contributed by atoms with van der Waals surface area (Å²) in [6.45, 7) is 1.96. The molecule has 2 heterocycles. The quantitative estimate of drug-likeness (QED) is 0.715. The molecule has 0 fully saturated rings. The van der Waals surface area contributed by atoms with Crippen molar-refractivity contribution < 1.29 is 0 Å². The van der Waals surface area contributed by atoms with Crippen molar-refractivity contribution >= 4 is 17.1 Å². The predicted molar refractivity (Wildman–Crippen MR) is 73.2 cm³/mol. The summed E-state index contributed by atoms with van der Waals surface area (Å²) in [6.07, 6.45) is 3.83. The molecule has 0 unspecified atom stereocenters. The van der Waals surface area contributed by atoms with E-state index in [4.69, 9.17) is 11.6 Å². The number of aromatic nitrogens is 2. The number of H-pyrrole nitrogens is 1. The highest BCUT2D eigenvalue weighted by atomic mass is 35.5. The van der Waals surface area contributed by atoms with Crippen molar-refractivity contribution in [3.05, 3.63) is 63.7 Å². The van der Waals surface area contributed by atoms with Crippen LogP contribution in [0.4, 0.5) is 0 Å². The minimum atomic E-state index is -0.0967. The molecule has 3 aromatic rings. The van der Waals surface area contributed by atoms with Crippen LogP contribution in [0.2, 0.25) is 5.02 Å². The number of aromatic amines is 1. The fourth-order valence-corrected chi connectivity index (χ4v) is 2.26. The Morgan fingerprint density at radius 3 is 2.83 bits per heavy atom. The third-order valence-electron chi connectivity index (χ3n) is 2.87. The van der Waals surface area contributed by atoms with Crippen LogP contribution >= 0.6 is 11.6 Å². The molecule has 0 aliphatic carbocycles. The van der Waals surface area contributed by atoms with Crippen molar-refractivity contribution in [1.82, 2.24) is 9.38 Å².